The van der Waals surface area contributed by atoms with Crippen molar-refractivity contribution in [2.75, 3.05) is 17.6 Å². The summed E-state index contributed by atoms with van der Waals surface area (Å²) in [5.41, 5.74) is 2.12. The van der Waals surface area contributed by atoms with Crippen LogP contribution in [0.4, 0.5) is 5.82 Å². The number of anilines is 1. The standard InChI is InChI=1S/C12H16N4S/c1-9-5-11(13-7-10-3-2-4-17-10)16-12(6-9)14-8-15-16/h5-6,8,10,13H,2-4,7H2,1H3. The molecule has 5 heteroatoms. The lowest BCUT2D eigenvalue weighted by atomic mass is 10.2. The molecular weight excluding hydrogens is 232 g/mol. The smallest absolute Gasteiger partial charge is 0.157 e. The van der Waals surface area contributed by atoms with Gasteiger partial charge < -0.3 is 5.32 Å². The molecule has 1 fully saturated rings. The van der Waals surface area contributed by atoms with E-state index in [2.05, 4.69) is 40.2 Å². The summed E-state index contributed by atoms with van der Waals surface area (Å²) in [7, 11) is 0. The van der Waals surface area contributed by atoms with Crippen LogP contribution in [0.1, 0.15) is 18.4 Å². The van der Waals surface area contributed by atoms with Crippen LogP contribution >= 0.6 is 11.8 Å². The summed E-state index contributed by atoms with van der Waals surface area (Å²) in [4.78, 5) is 4.23. The van der Waals surface area contributed by atoms with Crippen LogP contribution < -0.4 is 5.32 Å². The predicted molar refractivity (Wildman–Crippen MR) is 71.7 cm³/mol. The van der Waals surface area contributed by atoms with Gasteiger partial charge in [-0.05, 0) is 43.2 Å². The van der Waals surface area contributed by atoms with Crippen molar-refractivity contribution in [2.45, 2.75) is 25.0 Å². The first-order valence-electron chi connectivity index (χ1n) is 5.99. The molecule has 0 bridgehead atoms. The van der Waals surface area contributed by atoms with Crippen molar-refractivity contribution in [2.24, 2.45) is 0 Å². The van der Waals surface area contributed by atoms with Crippen LogP contribution in [-0.4, -0.2) is 32.1 Å². The van der Waals surface area contributed by atoms with Gasteiger partial charge in [-0.3, -0.25) is 0 Å². The van der Waals surface area contributed by atoms with Gasteiger partial charge in [0.25, 0.3) is 0 Å². The Bertz CT molecular complexity index is 516. The van der Waals surface area contributed by atoms with Crippen LogP contribution in [0.15, 0.2) is 18.5 Å². The maximum Gasteiger partial charge on any atom is 0.157 e. The lowest BCUT2D eigenvalue weighted by molar-refractivity contribution is 0.798. The third kappa shape index (κ3) is 2.24. The maximum absolute atomic E-state index is 4.24. The Kier molecular flexibility index (Phi) is 2.93. The fourth-order valence-corrected chi connectivity index (χ4v) is 3.41. The molecule has 4 nitrogen and oxygen atoms in total. The van der Waals surface area contributed by atoms with Crippen LogP contribution in [0.2, 0.25) is 0 Å². The van der Waals surface area contributed by atoms with Gasteiger partial charge in [0.05, 0.1) is 0 Å². The lowest BCUT2D eigenvalue weighted by Gasteiger charge is -2.12. The van der Waals surface area contributed by atoms with Gasteiger partial charge in [-0.2, -0.15) is 21.4 Å². The molecule has 0 radical (unpaired) electrons. The topological polar surface area (TPSA) is 42.2 Å². The van der Waals surface area contributed by atoms with Crippen molar-refractivity contribution in [3.8, 4) is 0 Å². The van der Waals surface area contributed by atoms with Gasteiger partial charge in [-0.15, -0.1) is 0 Å². The molecule has 1 unspecified atom stereocenters. The summed E-state index contributed by atoms with van der Waals surface area (Å²) in [6, 6.07) is 4.17. The fraction of sp³-hybridized carbons (Fsp3) is 0.500. The number of aryl methyl sites for hydroxylation is 1. The number of fused-ring (bicyclic) bond motifs is 1. The van der Waals surface area contributed by atoms with E-state index in [4.69, 9.17) is 0 Å². The molecule has 1 saturated heterocycles. The molecule has 1 aliphatic rings. The largest absolute Gasteiger partial charge is 0.369 e. The van der Waals surface area contributed by atoms with Crippen LogP contribution in [0.3, 0.4) is 0 Å². The molecule has 1 N–H and O–H groups in total. The quantitative estimate of drug-likeness (QED) is 0.905. The Morgan fingerprint density at radius 3 is 3.29 bits per heavy atom. The predicted octanol–water partition coefficient (Wildman–Crippen LogP) is 2.35. The van der Waals surface area contributed by atoms with E-state index in [9.17, 15) is 0 Å². The maximum atomic E-state index is 4.24. The normalized spacial score (nSPS) is 19.9. The van der Waals surface area contributed by atoms with E-state index in [1.165, 1.54) is 24.2 Å². The van der Waals surface area contributed by atoms with E-state index >= 15 is 0 Å². The molecule has 1 atom stereocenters. The van der Waals surface area contributed by atoms with Gasteiger partial charge in [0.1, 0.15) is 12.1 Å². The number of aromatic nitrogens is 3. The van der Waals surface area contributed by atoms with Crippen LogP contribution in [0.25, 0.3) is 5.65 Å². The van der Waals surface area contributed by atoms with Gasteiger partial charge in [0.15, 0.2) is 5.65 Å². The molecule has 1 aliphatic heterocycles. The van der Waals surface area contributed by atoms with E-state index < -0.39 is 0 Å². The third-order valence-corrected chi connectivity index (χ3v) is 4.46. The number of pyridine rings is 1. The zero-order chi connectivity index (χ0) is 11.7. The lowest BCUT2D eigenvalue weighted by Crippen LogP contribution is -2.15. The van der Waals surface area contributed by atoms with Crippen molar-refractivity contribution in [1.29, 1.82) is 0 Å². The molecule has 17 heavy (non-hydrogen) atoms. The van der Waals surface area contributed by atoms with E-state index in [0.29, 0.717) is 0 Å². The second-order valence-corrected chi connectivity index (χ2v) is 5.87. The monoisotopic (exact) mass is 248 g/mol. The molecule has 0 aromatic carbocycles. The molecule has 0 saturated carbocycles. The molecular formula is C12H16N4S. The first-order chi connectivity index (χ1) is 8.33. The molecule has 3 heterocycles. The zero-order valence-corrected chi connectivity index (χ0v) is 10.7. The van der Waals surface area contributed by atoms with Gasteiger partial charge >= 0.3 is 0 Å². The summed E-state index contributed by atoms with van der Waals surface area (Å²) in [6.45, 7) is 3.10. The minimum Gasteiger partial charge on any atom is -0.369 e. The average Bonchev–Trinajstić information content (AvgIpc) is 2.95. The zero-order valence-electron chi connectivity index (χ0n) is 9.89. The van der Waals surface area contributed by atoms with Gasteiger partial charge in [-0.25, -0.2) is 4.98 Å². The van der Waals surface area contributed by atoms with Crippen LogP contribution in [-0.2, 0) is 0 Å². The molecule has 0 spiro atoms. The summed E-state index contributed by atoms with van der Waals surface area (Å²) in [6.07, 6.45) is 4.28. The van der Waals surface area contributed by atoms with Crippen molar-refractivity contribution < 1.29 is 0 Å². The molecule has 0 aliphatic carbocycles. The number of rotatable bonds is 3. The van der Waals surface area contributed by atoms with E-state index in [1.807, 2.05) is 10.6 Å². The second kappa shape index (κ2) is 4.56. The van der Waals surface area contributed by atoms with Crippen LogP contribution in [0, 0.1) is 6.92 Å². The van der Waals surface area contributed by atoms with E-state index in [0.717, 1.165) is 23.3 Å². The number of hydrogen-bond donors (Lipinski definition) is 1. The molecule has 2 aromatic rings. The highest BCUT2D eigenvalue weighted by Gasteiger charge is 2.15. The van der Waals surface area contributed by atoms with E-state index in [1.54, 1.807) is 6.33 Å². The van der Waals surface area contributed by atoms with Gasteiger partial charge in [0, 0.05) is 11.8 Å². The third-order valence-electron chi connectivity index (χ3n) is 3.06. The van der Waals surface area contributed by atoms with Crippen molar-refractivity contribution in [3.63, 3.8) is 0 Å². The first-order valence-corrected chi connectivity index (χ1v) is 7.04. The molecule has 0 amide bonds. The van der Waals surface area contributed by atoms with Gasteiger partial charge in [0.2, 0.25) is 0 Å². The minimum absolute atomic E-state index is 0.745. The minimum atomic E-state index is 0.745. The highest BCUT2D eigenvalue weighted by molar-refractivity contribution is 8.00. The Labute approximate surface area is 105 Å². The Balaban J connectivity index is 1.81. The van der Waals surface area contributed by atoms with Gasteiger partial charge in [-0.1, -0.05) is 0 Å². The highest BCUT2D eigenvalue weighted by Crippen LogP contribution is 2.26. The van der Waals surface area contributed by atoms with Crippen LogP contribution in [0.5, 0.6) is 0 Å². The Hall–Kier alpha value is -1.23. The molecule has 3 rings (SSSR count). The number of nitrogens with zero attached hydrogens (tertiary/aromatic N) is 3. The molecule has 90 valence electrons. The summed E-state index contributed by atoms with van der Waals surface area (Å²) in [5, 5.41) is 8.48. The SMILES string of the molecule is Cc1cc(NCC2CCCS2)n2ncnc2c1. The first kappa shape index (κ1) is 10.9. The molecule has 2 aromatic heterocycles. The number of nitrogens with one attached hydrogen (secondary N) is 1. The average molecular weight is 248 g/mol. The second-order valence-electron chi connectivity index (χ2n) is 4.46. The van der Waals surface area contributed by atoms with Crippen molar-refractivity contribution >= 4 is 23.2 Å². The van der Waals surface area contributed by atoms with Crippen molar-refractivity contribution in [3.05, 3.63) is 24.0 Å². The summed E-state index contributed by atoms with van der Waals surface area (Å²) < 4.78 is 1.87. The van der Waals surface area contributed by atoms with E-state index in [-0.39, 0.29) is 0 Å². The summed E-state index contributed by atoms with van der Waals surface area (Å²) >= 11 is 2.07. The number of thioether (sulfide) groups is 1. The highest BCUT2D eigenvalue weighted by atomic mass is 32.2. The fourth-order valence-electron chi connectivity index (χ4n) is 2.21. The Morgan fingerprint density at radius 2 is 2.47 bits per heavy atom. The number of hydrogen-bond acceptors (Lipinski definition) is 4. The van der Waals surface area contributed by atoms with Crippen molar-refractivity contribution in [1.82, 2.24) is 14.6 Å². The summed E-state index contributed by atoms with van der Waals surface area (Å²) in [5.74, 6) is 2.35. The Morgan fingerprint density at radius 1 is 1.53 bits per heavy atom.